The molecule has 19 heavy (non-hydrogen) atoms. The molecule has 0 spiro atoms. The number of primary amides is 1. The van der Waals surface area contributed by atoms with Gasteiger partial charge in [-0.3, -0.25) is 9.69 Å². The molecule has 1 aliphatic heterocycles. The van der Waals surface area contributed by atoms with E-state index in [1.165, 1.54) is 12.0 Å². The minimum Gasteiger partial charge on any atom is -0.452 e. The molecule has 1 aromatic carbocycles. The van der Waals surface area contributed by atoms with Gasteiger partial charge in [0.15, 0.2) is 0 Å². The maximum Gasteiger partial charge on any atom is 0.414 e. The number of hydrogen-bond acceptors (Lipinski definition) is 4. The van der Waals surface area contributed by atoms with Gasteiger partial charge in [0, 0.05) is 17.9 Å². The zero-order chi connectivity index (χ0) is 13.8. The van der Waals surface area contributed by atoms with Crippen molar-refractivity contribution in [3.8, 4) is 0 Å². The molecular weight excluding hydrogens is 248 g/mol. The van der Waals surface area contributed by atoms with E-state index in [1.54, 1.807) is 24.3 Å². The van der Waals surface area contributed by atoms with E-state index in [2.05, 4.69) is 0 Å². The molecule has 1 unspecified atom stereocenters. The van der Waals surface area contributed by atoms with E-state index in [1.807, 2.05) is 0 Å². The summed E-state index contributed by atoms with van der Waals surface area (Å²) in [5.41, 5.74) is 6.18. The zero-order valence-electron chi connectivity index (χ0n) is 10.7. The molecule has 1 atom stereocenters. The molecule has 1 heterocycles. The summed E-state index contributed by atoms with van der Waals surface area (Å²) < 4.78 is 10.1. The smallest absolute Gasteiger partial charge is 0.414 e. The number of hydrogen-bond donors (Lipinski definition) is 1. The molecule has 0 bridgehead atoms. The number of nitrogens with two attached hydrogens (primary N) is 1. The van der Waals surface area contributed by atoms with E-state index in [-0.39, 0.29) is 6.04 Å². The van der Waals surface area contributed by atoms with Gasteiger partial charge in [-0.25, -0.2) is 4.79 Å². The second kappa shape index (κ2) is 5.71. The van der Waals surface area contributed by atoms with Crippen LogP contribution in [0.15, 0.2) is 24.3 Å². The molecular formula is C13H16N2O4. The SMILES string of the molecule is COC(=O)N(c1cccc(C(N)=O)c1)C1CCOC1. The summed E-state index contributed by atoms with van der Waals surface area (Å²) in [7, 11) is 1.32. The number of benzene rings is 1. The molecule has 0 aromatic heterocycles. The molecule has 1 aromatic rings. The van der Waals surface area contributed by atoms with Crippen molar-refractivity contribution in [3.63, 3.8) is 0 Å². The van der Waals surface area contributed by atoms with Crippen LogP contribution in [0.5, 0.6) is 0 Å². The van der Waals surface area contributed by atoms with Crippen LogP contribution in [0.1, 0.15) is 16.8 Å². The van der Waals surface area contributed by atoms with Crippen molar-refractivity contribution in [1.29, 1.82) is 0 Å². The normalized spacial score (nSPS) is 18.1. The third-order valence-electron chi connectivity index (χ3n) is 3.05. The first-order chi connectivity index (χ1) is 9.13. The maximum atomic E-state index is 11.9. The van der Waals surface area contributed by atoms with E-state index >= 15 is 0 Å². The van der Waals surface area contributed by atoms with Gasteiger partial charge in [0.25, 0.3) is 0 Å². The first-order valence-corrected chi connectivity index (χ1v) is 5.98. The first kappa shape index (κ1) is 13.4. The molecule has 6 nitrogen and oxygen atoms in total. The van der Waals surface area contributed by atoms with Crippen LogP contribution in [0.3, 0.4) is 0 Å². The van der Waals surface area contributed by atoms with Gasteiger partial charge in [-0.1, -0.05) is 6.07 Å². The van der Waals surface area contributed by atoms with Crippen LogP contribution in [0.25, 0.3) is 0 Å². The van der Waals surface area contributed by atoms with E-state index in [0.717, 1.165) is 6.42 Å². The van der Waals surface area contributed by atoms with Gasteiger partial charge in [0.1, 0.15) is 0 Å². The lowest BCUT2D eigenvalue weighted by Gasteiger charge is -2.26. The highest BCUT2D eigenvalue weighted by Crippen LogP contribution is 2.23. The van der Waals surface area contributed by atoms with Crippen LogP contribution in [0, 0.1) is 0 Å². The Hall–Kier alpha value is -2.08. The van der Waals surface area contributed by atoms with Crippen molar-refractivity contribution in [1.82, 2.24) is 0 Å². The number of amides is 2. The molecule has 2 rings (SSSR count). The lowest BCUT2D eigenvalue weighted by atomic mass is 10.1. The fraction of sp³-hybridized carbons (Fsp3) is 0.385. The summed E-state index contributed by atoms with van der Waals surface area (Å²) in [5.74, 6) is -0.533. The van der Waals surface area contributed by atoms with Gasteiger partial charge in [0.05, 0.1) is 19.8 Å². The molecule has 1 saturated heterocycles. The minimum absolute atomic E-state index is 0.0874. The summed E-state index contributed by atoms with van der Waals surface area (Å²) >= 11 is 0. The van der Waals surface area contributed by atoms with Crippen LogP contribution in [-0.4, -0.2) is 38.4 Å². The van der Waals surface area contributed by atoms with Crippen molar-refractivity contribution in [2.45, 2.75) is 12.5 Å². The van der Waals surface area contributed by atoms with Crippen molar-refractivity contribution in [2.75, 3.05) is 25.2 Å². The molecule has 1 aliphatic rings. The molecule has 1 fully saturated rings. The average molecular weight is 264 g/mol. The van der Waals surface area contributed by atoms with E-state index < -0.39 is 12.0 Å². The highest BCUT2D eigenvalue weighted by atomic mass is 16.5. The van der Waals surface area contributed by atoms with Crippen molar-refractivity contribution >= 4 is 17.7 Å². The predicted octanol–water partition coefficient (Wildman–Crippen LogP) is 1.15. The summed E-state index contributed by atoms with van der Waals surface area (Å²) in [6.07, 6.45) is 0.257. The molecule has 0 radical (unpaired) electrons. The summed E-state index contributed by atoms with van der Waals surface area (Å²) in [4.78, 5) is 24.6. The standard InChI is InChI=1S/C13H16N2O4/c1-18-13(17)15(11-5-6-19-8-11)10-4-2-3-9(7-10)12(14)16/h2-4,7,11H,5-6,8H2,1H3,(H2,14,16). The predicted molar refractivity (Wildman–Crippen MR) is 69.1 cm³/mol. The molecule has 6 heteroatoms. The van der Waals surface area contributed by atoms with Gasteiger partial charge in [-0.15, -0.1) is 0 Å². The first-order valence-electron chi connectivity index (χ1n) is 5.98. The number of nitrogens with zero attached hydrogens (tertiary/aromatic N) is 1. The van der Waals surface area contributed by atoms with Gasteiger partial charge < -0.3 is 15.2 Å². The largest absolute Gasteiger partial charge is 0.452 e. The number of carbonyl (C=O) groups is 2. The summed E-state index contributed by atoms with van der Waals surface area (Å²) in [5, 5.41) is 0. The minimum atomic E-state index is -0.533. The third-order valence-corrected chi connectivity index (χ3v) is 3.05. The Morgan fingerprint density at radius 3 is 2.84 bits per heavy atom. The van der Waals surface area contributed by atoms with Gasteiger partial charge in [-0.05, 0) is 24.6 Å². The van der Waals surface area contributed by atoms with E-state index in [4.69, 9.17) is 15.2 Å². The fourth-order valence-electron chi connectivity index (χ4n) is 2.10. The topological polar surface area (TPSA) is 81.9 Å². The van der Waals surface area contributed by atoms with Crippen LogP contribution in [0.2, 0.25) is 0 Å². The van der Waals surface area contributed by atoms with Crippen molar-refractivity contribution < 1.29 is 19.1 Å². The zero-order valence-corrected chi connectivity index (χ0v) is 10.7. The Morgan fingerprint density at radius 2 is 2.26 bits per heavy atom. The van der Waals surface area contributed by atoms with Gasteiger partial charge in [-0.2, -0.15) is 0 Å². The van der Waals surface area contributed by atoms with Crippen LogP contribution in [0.4, 0.5) is 10.5 Å². The maximum absolute atomic E-state index is 11.9. The van der Waals surface area contributed by atoms with Crippen molar-refractivity contribution in [3.05, 3.63) is 29.8 Å². The quantitative estimate of drug-likeness (QED) is 0.887. The van der Waals surface area contributed by atoms with E-state index in [0.29, 0.717) is 24.5 Å². The summed E-state index contributed by atoms with van der Waals surface area (Å²) in [6.45, 7) is 1.06. The average Bonchev–Trinajstić information content (AvgIpc) is 2.93. The monoisotopic (exact) mass is 264 g/mol. The Labute approximate surface area is 111 Å². The van der Waals surface area contributed by atoms with E-state index in [9.17, 15) is 9.59 Å². The second-order valence-corrected chi connectivity index (χ2v) is 4.27. The highest BCUT2D eigenvalue weighted by molar-refractivity contribution is 5.95. The number of rotatable bonds is 3. The number of methoxy groups -OCH3 is 1. The molecule has 102 valence electrons. The summed E-state index contributed by atoms with van der Waals surface area (Å²) in [6, 6.07) is 6.52. The Balaban J connectivity index is 2.34. The molecule has 0 aliphatic carbocycles. The Morgan fingerprint density at radius 1 is 1.47 bits per heavy atom. The third kappa shape index (κ3) is 2.85. The second-order valence-electron chi connectivity index (χ2n) is 4.27. The van der Waals surface area contributed by atoms with Gasteiger partial charge >= 0.3 is 6.09 Å². The fourth-order valence-corrected chi connectivity index (χ4v) is 2.10. The van der Waals surface area contributed by atoms with Crippen LogP contribution in [-0.2, 0) is 9.47 Å². The lowest BCUT2D eigenvalue weighted by molar-refractivity contribution is 0.1000. The number of carbonyl (C=O) groups excluding carboxylic acids is 2. The van der Waals surface area contributed by atoms with Gasteiger partial charge in [0.2, 0.25) is 5.91 Å². The Kier molecular flexibility index (Phi) is 4.01. The van der Waals surface area contributed by atoms with Crippen LogP contribution >= 0.6 is 0 Å². The molecule has 2 amide bonds. The lowest BCUT2D eigenvalue weighted by Crippen LogP contribution is -2.41. The Bertz CT molecular complexity index is 483. The van der Waals surface area contributed by atoms with Crippen molar-refractivity contribution in [2.24, 2.45) is 5.73 Å². The number of anilines is 1. The number of ether oxygens (including phenoxy) is 2. The highest BCUT2D eigenvalue weighted by Gasteiger charge is 2.29. The molecule has 0 saturated carbocycles. The molecule has 2 N–H and O–H groups in total. The van der Waals surface area contributed by atoms with Crippen LogP contribution < -0.4 is 10.6 Å².